The van der Waals surface area contributed by atoms with E-state index in [4.69, 9.17) is 0 Å². The van der Waals surface area contributed by atoms with Gasteiger partial charge in [-0.05, 0) is 47.9 Å². The van der Waals surface area contributed by atoms with Crippen LogP contribution in [0.25, 0.3) is 10.9 Å². The van der Waals surface area contributed by atoms with E-state index in [0.717, 1.165) is 35.7 Å². The Morgan fingerprint density at radius 1 is 1.09 bits per heavy atom. The van der Waals surface area contributed by atoms with Crippen molar-refractivity contribution < 1.29 is 9.59 Å². The molecule has 0 radical (unpaired) electrons. The highest BCUT2D eigenvalue weighted by Gasteiger charge is 2.29. The van der Waals surface area contributed by atoms with Crippen LogP contribution in [0.5, 0.6) is 0 Å². The maximum Gasteiger partial charge on any atom is 0.242 e. The molecule has 2 aromatic carbocycles. The number of aromatic nitrogens is 1. The molecule has 0 aliphatic heterocycles. The van der Waals surface area contributed by atoms with E-state index in [1.54, 1.807) is 0 Å². The Hall–Kier alpha value is -3.08. The lowest BCUT2D eigenvalue weighted by Gasteiger charge is -2.24. The fourth-order valence-electron chi connectivity index (χ4n) is 4.54. The Labute approximate surface area is 190 Å². The van der Waals surface area contributed by atoms with Gasteiger partial charge in [0.05, 0.1) is 0 Å². The van der Waals surface area contributed by atoms with Crippen LogP contribution in [-0.2, 0) is 22.4 Å². The standard InChI is InChI=1S/C27H33N3O2/c1-27(2,3)26(32)30-24(16-20-17-29-23-11-7-6-10-22(20)23)25(31)28-15-14-19-13-12-18-8-4-5-9-21(18)19/h4-11,17,19,24,29H,12-16H2,1-3H3,(H,28,31)(H,30,32). The maximum absolute atomic E-state index is 13.2. The summed E-state index contributed by atoms with van der Waals surface area (Å²) in [5.41, 5.74) is 4.34. The van der Waals surface area contributed by atoms with Crippen molar-refractivity contribution in [3.8, 4) is 0 Å². The van der Waals surface area contributed by atoms with Crippen molar-refractivity contribution in [1.29, 1.82) is 0 Å². The largest absolute Gasteiger partial charge is 0.361 e. The lowest BCUT2D eigenvalue weighted by molar-refractivity contribution is -0.133. The highest BCUT2D eigenvalue weighted by molar-refractivity contribution is 5.91. The third-order valence-corrected chi connectivity index (χ3v) is 6.45. The number of para-hydroxylation sites is 1. The molecule has 5 nitrogen and oxygen atoms in total. The zero-order valence-electron chi connectivity index (χ0n) is 19.2. The highest BCUT2D eigenvalue weighted by atomic mass is 16.2. The van der Waals surface area contributed by atoms with Crippen LogP contribution in [0.2, 0.25) is 0 Å². The van der Waals surface area contributed by atoms with Crippen molar-refractivity contribution in [2.75, 3.05) is 6.54 Å². The van der Waals surface area contributed by atoms with Gasteiger partial charge in [0.15, 0.2) is 0 Å². The number of rotatable bonds is 7. The number of hydrogen-bond acceptors (Lipinski definition) is 2. The van der Waals surface area contributed by atoms with E-state index in [1.165, 1.54) is 11.1 Å². The van der Waals surface area contributed by atoms with Gasteiger partial charge in [0, 0.05) is 35.5 Å². The first-order chi connectivity index (χ1) is 15.3. The van der Waals surface area contributed by atoms with E-state index in [2.05, 4.69) is 39.9 Å². The molecule has 0 saturated heterocycles. The molecule has 0 bridgehead atoms. The second-order valence-corrected chi connectivity index (χ2v) is 9.85. The number of aromatic amines is 1. The first-order valence-corrected chi connectivity index (χ1v) is 11.5. The van der Waals surface area contributed by atoms with E-state index < -0.39 is 11.5 Å². The number of carbonyl (C=O) groups excluding carboxylic acids is 2. The van der Waals surface area contributed by atoms with Gasteiger partial charge in [0.25, 0.3) is 0 Å². The lowest BCUT2D eigenvalue weighted by Crippen LogP contribution is -2.51. The SMILES string of the molecule is CC(C)(C)C(=O)NC(Cc1c[nH]c2ccccc12)C(=O)NCCC1CCc2ccccc21. The Kier molecular flexibility index (Phi) is 6.35. The fourth-order valence-corrected chi connectivity index (χ4v) is 4.54. The summed E-state index contributed by atoms with van der Waals surface area (Å²) in [7, 11) is 0. The average Bonchev–Trinajstić information content (AvgIpc) is 3.37. The average molecular weight is 432 g/mol. The minimum atomic E-state index is -0.614. The summed E-state index contributed by atoms with van der Waals surface area (Å²) in [4.78, 5) is 29.1. The minimum Gasteiger partial charge on any atom is -0.361 e. The van der Waals surface area contributed by atoms with E-state index in [1.807, 2.05) is 51.2 Å². The van der Waals surface area contributed by atoms with Gasteiger partial charge in [-0.3, -0.25) is 9.59 Å². The maximum atomic E-state index is 13.2. The van der Waals surface area contributed by atoms with Gasteiger partial charge >= 0.3 is 0 Å². The monoisotopic (exact) mass is 431 g/mol. The predicted octanol–water partition coefficient (Wildman–Crippen LogP) is 4.48. The molecule has 3 aromatic rings. The van der Waals surface area contributed by atoms with Crippen molar-refractivity contribution in [3.63, 3.8) is 0 Å². The Morgan fingerprint density at radius 2 is 1.84 bits per heavy atom. The number of amides is 2. The molecule has 0 saturated carbocycles. The van der Waals surface area contributed by atoms with Crippen molar-refractivity contribution >= 4 is 22.7 Å². The summed E-state index contributed by atoms with van der Waals surface area (Å²) in [6.45, 7) is 6.19. The zero-order valence-corrected chi connectivity index (χ0v) is 19.2. The van der Waals surface area contributed by atoms with Gasteiger partial charge in [-0.1, -0.05) is 63.2 Å². The van der Waals surface area contributed by atoms with Crippen LogP contribution < -0.4 is 10.6 Å². The smallest absolute Gasteiger partial charge is 0.242 e. The molecule has 2 amide bonds. The van der Waals surface area contributed by atoms with Gasteiger partial charge in [-0.15, -0.1) is 0 Å². The molecule has 1 aromatic heterocycles. The second kappa shape index (κ2) is 9.19. The topological polar surface area (TPSA) is 74.0 Å². The highest BCUT2D eigenvalue weighted by Crippen LogP contribution is 2.34. The lowest BCUT2D eigenvalue weighted by atomic mass is 9.94. The number of hydrogen-bond donors (Lipinski definition) is 3. The molecule has 4 rings (SSSR count). The van der Waals surface area contributed by atoms with Crippen molar-refractivity contribution in [1.82, 2.24) is 15.6 Å². The number of H-pyrrole nitrogens is 1. The number of fused-ring (bicyclic) bond motifs is 2. The molecule has 1 aliphatic rings. The number of benzene rings is 2. The molecular weight excluding hydrogens is 398 g/mol. The predicted molar refractivity (Wildman–Crippen MR) is 129 cm³/mol. The molecule has 0 fully saturated rings. The molecule has 0 spiro atoms. The van der Waals surface area contributed by atoms with E-state index in [9.17, 15) is 9.59 Å². The summed E-state index contributed by atoms with van der Waals surface area (Å²) >= 11 is 0. The fraction of sp³-hybridized carbons (Fsp3) is 0.407. The van der Waals surface area contributed by atoms with Crippen LogP contribution in [0.4, 0.5) is 0 Å². The van der Waals surface area contributed by atoms with Crippen molar-refractivity contribution in [3.05, 3.63) is 71.4 Å². The summed E-state index contributed by atoms with van der Waals surface area (Å²) in [5, 5.41) is 7.16. The molecular formula is C27H33N3O2. The Balaban J connectivity index is 1.43. The van der Waals surface area contributed by atoms with E-state index in [-0.39, 0.29) is 11.8 Å². The first kappa shape index (κ1) is 22.1. The zero-order chi connectivity index (χ0) is 22.7. The van der Waals surface area contributed by atoms with Crippen LogP contribution in [0.15, 0.2) is 54.7 Å². The van der Waals surface area contributed by atoms with Crippen molar-refractivity contribution in [2.24, 2.45) is 5.41 Å². The molecule has 1 aliphatic carbocycles. The van der Waals surface area contributed by atoms with E-state index >= 15 is 0 Å². The van der Waals surface area contributed by atoms with Crippen LogP contribution in [0.3, 0.4) is 0 Å². The van der Waals surface area contributed by atoms with Gasteiger partial charge in [-0.25, -0.2) is 0 Å². The quantitative estimate of drug-likeness (QED) is 0.516. The molecule has 168 valence electrons. The third kappa shape index (κ3) is 4.87. The Morgan fingerprint density at radius 3 is 2.66 bits per heavy atom. The number of nitrogens with one attached hydrogen (secondary N) is 3. The molecule has 5 heteroatoms. The van der Waals surface area contributed by atoms with Gasteiger partial charge < -0.3 is 15.6 Å². The normalized spacial score (nSPS) is 16.5. The molecule has 2 atom stereocenters. The van der Waals surface area contributed by atoms with Crippen LogP contribution in [-0.4, -0.2) is 29.4 Å². The second-order valence-electron chi connectivity index (χ2n) is 9.85. The Bertz CT molecular complexity index is 1110. The number of carbonyl (C=O) groups is 2. The van der Waals surface area contributed by atoms with Gasteiger partial charge in [0.2, 0.25) is 11.8 Å². The molecule has 3 N–H and O–H groups in total. The minimum absolute atomic E-state index is 0.123. The van der Waals surface area contributed by atoms with Crippen LogP contribution in [0, 0.1) is 5.41 Å². The van der Waals surface area contributed by atoms with Crippen molar-refractivity contribution in [2.45, 2.75) is 58.4 Å². The third-order valence-electron chi connectivity index (χ3n) is 6.45. The number of aryl methyl sites for hydroxylation is 1. The summed E-state index contributed by atoms with van der Waals surface area (Å²) in [6.07, 6.45) is 5.54. The summed E-state index contributed by atoms with van der Waals surface area (Å²) in [5.74, 6) is 0.240. The summed E-state index contributed by atoms with van der Waals surface area (Å²) < 4.78 is 0. The van der Waals surface area contributed by atoms with Crippen LogP contribution in [0.1, 0.15) is 56.2 Å². The van der Waals surface area contributed by atoms with E-state index in [0.29, 0.717) is 18.9 Å². The molecule has 32 heavy (non-hydrogen) atoms. The van der Waals surface area contributed by atoms with Gasteiger partial charge in [0.1, 0.15) is 6.04 Å². The summed E-state index contributed by atoms with van der Waals surface area (Å²) in [6, 6.07) is 16.0. The molecule has 2 unspecified atom stereocenters. The van der Waals surface area contributed by atoms with Crippen LogP contribution >= 0.6 is 0 Å². The molecule has 1 heterocycles. The van der Waals surface area contributed by atoms with Gasteiger partial charge in [-0.2, -0.15) is 0 Å². The first-order valence-electron chi connectivity index (χ1n) is 11.5.